The van der Waals surface area contributed by atoms with E-state index in [1.54, 1.807) is 31.5 Å². The maximum atomic E-state index is 12.2. The molecule has 0 spiro atoms. The third-order valence-electron chi connectivity index (χ3n) is 3.53. The van der Waals surface area contributed by atoms with Gasteiger partial charge in [0.15, 0.2) is 5.65 Å². The summed E-state index contributed by atoms with van der Waals surface area (Å²) < 4.78 is 6.60. The van der Waals surface area contributed by atoms with Crippen molar-refractivity contribution in [3.8, 4) is 0 Å². The van der Waals surface area contributed by atoms with Crippen LogP contribution in [0.2, 0.25) is 0 Å². The molecule has 0 aliphatic heterocycles. The van der Waals surface area contributed by atoms with Gasteiger partial charge in [-0.15, -0.1) is 0 Å². The number of carbonyl (C=O) groups is 2. The second-order valence-corrected chi connectivity index (χ2v) is 7.02. The molecule has 0 radical (unpaired) electrons. The quantitative estimate of drug-likeness (QED) is 0.693. The maximum absolute atomic E-state index is 12.2. The predicted octanol–water partition coefficient (Wildman–Crippen LogP) is 2.49. The Hall–Kier alpha value is -3.42. The maximum Gasteiger partial charge on any atom is 0.426 e. The summed E-state index contributed by atoms with van der Waals surface area (Å²) in [6.07, 6.45) is 2.92. The Morgan fingerprint density at radius 1 is 1.15 bits per heavy atom. The fourth-order valence-electron chi connectivity index (χ4n) is 2.42. The van der Waals surface area contributed by atoms with Gasteiger partial charge >= 0.3 is 6.09 Å². The summed E-state index contributed by atoms with van der Waals surface area (Å²) >= 11 is 0. The van der Waals surface area contributed by atoms with Gasteiger partial charge in [-0.2, -0.15) is 5.10 Å². The van der Waals surface area contributed by atoms with Crippen molar-refractivity contribution in [1.29, 1.82) is 0 Å². The van der Waals surface area contributed by atoms with Gasteiger partial charge in [0, 0.05) is 24.9 Å². The number of carbonyl (C=O) groups excluding carboxylic acids is 2. The van der Waals surface area contributed by atoms with Gasteiger partial charge in [0.2, 0.25) is 0 Å². The summed E-state index contributed by atoms with van der Waals surface area (Å²) in [5, 5.41) is 4.46. The van der Waals surface area contributed by atoms with Gasteiger partial charge in [0.05, 0.1) is 11.3 Å². The smallest absolute Gasteiger partial charge is 0.426 e. The van der Waals surface area contributed by atoms with E-state index >= 15 is 0 Å². The molecule has 2 heterocycles. The molecule has 2 amide bonds. The highest BCUT2D eigenvalue weighted by atomic mass is 16.6. The summed E-state index contributed by atoms with van der Waals surface area (Å²) in [5.41, 5.74) is 6.72. The third kappa shape index (κ3) is 5.04. The van der Waals surface area contributed by atoms with Crippen molar-refractivity contribution >= 4 is 17.6 Å². The molecule has 8 nitrogen and oxygen atoms in total. The molecular formula is C19H21N5O3. The average Bonchev–Trinajstić information content (AvgIpc) is 3.00. The Morgan fingerprint density at radius 2 is 1.89 bits per heavy atom. The van der Waals surface area contributed by atoms with Gasteiger partial charge in [-0.1, -0.05) is 30.3 Å². The highest BCUT2D eigenvalue weighted by Crippen LogP contribution is 2.11. The van der Waals surface area contributed by atoms with E-state index in [1.165, 1.54) is 6.20 Å². The topological polar surface area (TPSA) is 97.6 Å². The Balaban J connectivity index is 1.67. The standard InChI is InChI=1S/C19H21N5O3/c1-19(2,3)27-18(26)22-21-17(25)14-11-20-16-10-15(23-24(16)12-14)9-13-7-5-4-6-8-13/h4-8,10-12H,9H2,1-3H3,(H,21,25)(H,22,26). The van der Waals surface area contributed by atoms with Crippen LogP contribution in [0, 0.1) is 0 Å². The van der Waals surface area contributed by atoms with Crippen molar-refractivity contribution in [2.45, 2.75) is 32.8 Å². The first kappa shape index (κ1) is 18.4. The lowest BCUT2D eigenvalue weighted by atomic mass is 10.1. The SMILES string of the molecule is CC(C)(C)OC(=O)NNC(=O)c1cnc2cc(Cc3ccccc3)nn2c1. The van der Waals surface area contributed by atoms with Gasteiger partial charge in [0.25, 0.3) is 5.91 Å². The van der Waals surface area contributed by atoms with Crippen LogP contribution in [0.5, 0.6) is 0 Å². The Morgan fingerprint density at radius 3 is 2.59 bits per heavy atom. The molecule has 0 aliphatic rings. The number of benzene rings is 1. The highest BCUT2D eigenvalue weighted by molar-refractivity contribution is 5.94. The monoisotopic (exact) mass is 367 g/mol. The first-order valence-electron chi connectivity index (χ1n) is 8.48. The number of rotatable bonds is 3. The molecule has 0 saturated heterocycles. The number of ether oxygens (including phenoxy) is 1. The average molecular weight is 367 g/mol. The zero-order chi connectivity index (χ0) is 19.4. The van der Waals surface area contributed by atoms with Crippen LogP contribution < -0.4 is 10.9 Å². The molecule has 0 bridgehead atoms. The van der Waals surface area contributed by atoms with Crippen LogP contribution in [0.3, 0.4) is 0 Å². The lowest BCUT2D eigenvalue weighted by molar-refractivity contribution is 0.0483. The number of hydrazine groups is 1. The number of aromatic nitrogens is 3. The fraction of sp³-hybridized carbons (Fsp3) is 0.263. The number of nitrogens with one attached hydrogen (secondary N) is 2. The number of hydrogen-bond donors (Lipinski definition) is 2. The molecule has 1 aromatic carbocycles. The summed E-state index contributed by atoms with van der Waals surface area (Å²) in [6.45, 7) is 5.20. The minimum atomic E-state index is -0.742. The normalized spacial score (nSPS) is 11.2. The van der Waals surface area contributed by atoms with Crippen molar-refractivity contribution in [1.82, 2.24) is 25.4 Å². The van der Waals surface area contributed by atoms with Crippen LogP contribution in [0.15, 0.2) is 48.8 Å². The molecule has 0 fully saturated rings. The summed E-state index contributed by atoms with van der Waals surface area (Å²) in [5.74, 6) is -0.518. The van der Waals surface area contributed by atoms with E-state index in [9.17, 15) is 9.59 Å². The van der Waals surface area contributed by atoms with Gasteiger partial charge in [-0.3, -0.25) is 10.2 Å². The van der Waals surface area contributed by atoms with Gasteiger partial charge in [-0.05, 0) is 26.3 Å². The molecule has 0 saturated carbocycles. The van der Waals surface area contributed by atoms with E-state index < -0.39 is 17.6 Å². The molecule has 0 aliphatic carbocycles. The number of hydrogen-bond acceptors (Lipinski definition) is 5. The first-order chi connectivity index (χ1) is 12.8. The zero-order valence-corrected chi connectivity index (χ0v) is 15.4. The Kier molecular flexibility index (Phi) is 5.07. The van der Waals surface area contributed by atoms with Crippen LogP contribution in [0.25, 0.3) is 5.65 Å². The lowest BCUT2D eigenvalue weighted by Gasteiger charge is -2.19. The lowest BCUT2D eigenvalue weighted by Crippen LogP contribution is -2.44. The highest BCUT2D eigenvalue weighted by Gasteiger charge is 2.17. The summed E-state index contributed by atoms with van der Waals surface area (Å²) in [6, 6.07) is 11.8. The number of fused-ring (bicyclic) bond motifs is 1. The van der Waals surface area contributed by atoms with Crippen molar-refractivity contribution in [2.75, 3.05) is 0 Å². The molecule has 8 heteroatoms. The first-order valence-corrected chi connectivity index (χ1v) is 8.48. The number of amides is 2. The molecule has 2 aromatic heterocycles. The molecule has 3 rings (SSSR count). The molecule has 0 unspecified atom stereocenters. The minimum Gasteiger partial charge on any atom is -0.443 e. The molecule has 0 atom stereocenters. The van der Waals surface area contributed by atoms with Crippen LogP contribution in [-0.4, -0.2) is 32.2 Å². The largest absolute Gasteiger partial charge is 0.443 e. The van der Waals surface area contributed by atoms with E-state index in [-0.39, 0.29) is 5.56 Å². The van der Waals surface area contributed by atoms with Crippen LogP contribution in [0.4, 0.5) is 4.79 Å². The zero-order valence-electron chi connectivity index (χ0n) is 15.4. The Labute approximate surface area is 156 Å². The minimum absolute atomic E-state index is 0.257. The van der Waals surface area contributed by atoms with Crippen LogP contribution >= 0.6 is 0 Å². The molecule has 140 valence electrons. The van der Waals surface area contributed by atoms with Crippen molar-refractivity contribution in [3.05, 3.63) is 65.6 Å². The van der Waals surface area contributed by atoms with Crippen molar-refractivity contribution in [2.24, 2.45) is 0 Å². The van der Waals surface area contributed by atoms with Gasteiger partial charge < -0.3 is 4.74 Å². The Bertz CT molecular complexity index is 960. The number of nitrogens with zero attached hydrogens (tertiary/aromatic N) is 3. The van der Waals surface area contributed by atoms with Gasteiger partial charge in [0.1, 0.15) is 5.60 Å². The van der Waals surface area contributed by atoms with E-state index in [0.29, 0.717) is 12.1 Å². The van der Waals surface area contributed by atoms with Crippen molar-refractivity contribution < 1.29 is 14.3 Å². The second-order valence-electron chi connectivity index (χ2n) is 7.02. The molecular weight excluding hydrogens is 346 g/mol. The molecule has 2 N–H and O–H groups in total. The van der Waals surface area contributed by atoms with E-state index in [4.69, 9.17) is 4.74 Å². The van der Waals surface area contributed by atoms with E-state index in [1.807, 2.05) is 36.4 Å². The van der Waals surface area contributed by atoms with Crippen molar-refractivity contribution in [3.63, 3.8) is 0 Å². The second kappa shape index (κ2) is 7.45. The van der Waals surface area contributed by atoms with E-state index in [0.717, 1.165) is 11.3 Å². The van der Waals surface area contributed by atoms with Gasteiger partial charge in [-0.25, -0.2) is 19.7 Å². The molecule has 27 heavy (non-hydrogen) atoms. The summed E-state index contributed by atoms with van der Waals surface area (Å²) in [4.78, 5) is 28.0. The van der Waals surface area contributed by atoms with E-state index in [2.05, 4.69) is 20.9 Å². The molecule has 3 aromatic rings. The van der Waals surface area contributed by atoms with Crippen LogP contribution in [0.1, 0.15) is 42.4 Å². The predicted molar refractivity (Wildman–Crippen MR) is 99.1 cm³/mol. The fourth-order valence-corrected chi connectivity index (χ4v) is 2.42. The summed E-state index contributed by atoms with van der Waals surface area (Å²) in [7, 11) is 0. The third-order valence-corrected chi connectivity index (χ3v) is 3.53. The van der Waals surface area contributed by atoms with Crippen LogP contribution in [-0.2, 0) is 11.2 Å².